The van der Waals surface area contributed by atoms with Gasteiger partial charge in [0.2, 0.25) is 11.8 Å². The average molecular weight is 262 g/mol. The molecule has 19 heavy (non-hydrogen) atoms. The molecule has 1 N–H and O–H groups in total. The molecule has 104 valence electrons. The quantitative estimate of drug-likeness (QED) is 0.856. The second kappa shape index (κ2) is 7.56. The van der Waals surface area contributed by atoms with Crippen LogP contribution < -0.4 is 5.32 Å². The monoisotopic (exact) mass is 262 g/mol. The van der Waals surface area contributed by atoms with Crippen molar-refractivity contribution in [3.63, 3.8) is 0 Å². The Morgan fingerprint density at radius 1 is 1.26 bits per heavy atom. The van der Waals surface area contributed by atoms with Crippen LogP contribution in [-0.2, 0) is 9.59 Å². The summed E-state index contributed by atoms with van der Waals surface area (Å²) >= 11 is 0. The summed E-state index contributed by atoms with van der Waals surface area (Å²) in [7, 11) is 0. The number of nitrogens with one attached hydrogen (secondary N) is 1. The number of rotatable bonds is 6. The van der Waals surface area contributed by atoms with E-state index in [9.17, 15) is 9.59 Å². The van der Waals surface area contributed by atoms with Crippen molar-refractivity contribution in [3.8, 4) is 0 Å². The van der Waals surface area contributed by atoms with Crippen LogP contribution in [0.4, 0.5) is 5.69 Å². The zero-order chi connectivity index (χ0) is 14.3. The van der Waals surface area contributed by atoms with E-state index in [2.05, 4.69) is 12.2 Å². The Labute approximate surface area is 114 Å². The van der Waals surface area contributed by atoms with Crippen LogP contribution in [0.1, 0.15) is 32.3 Å². The van der Waals surface area contributed by atoms with E-state index < -0.39 is 0 Å². The van der Waals surface area contributed by atoms with Crippen molar-refractivity contribution in [1.82, 2.24) is 4.90 Å². The largest absolute Gasteiger partial charge is 0.334 e. The number of benzene rings is 1. The molecule has 1 rings (SSSR count). The van der Waals surface area contributed by atoms with Gasteiger partial charge in [0.15, 0.2) is 0 Å². The highest BCUT2D eigenvalue weighted by atomic mass is 16.2. The Bertz CT molecular complexity index is 444. The summed E-state index contributed by atoms with van der Waals surface area (Å²) in [6, 6.07) is 7.60. The molecule has 0 saturated heterocycles. The molecule has 0 aliphatic rings. The number of amides is 2. The summed E-state index contributed by atoms with van der Waals surface area (Å²) in [5.74, 6) is -0.214. The molecule has 0 aromatic heterocycles. The molecule has 1 aromatic rings. The first-order valence-corrected chi connectivity index (χ1v) is 6.65. The molecule has 0 aliphatic carbocycles. The molecule has 0 unspecified atom stereocenters. The van der Waals surface area contributed by atoms with Crippen LogP contribution in [-0.4, -0.2) is 29.8 Å². The van der Waals surface area contributed by atoms with Gasteiger partial charge in [0, 0.05) is 19.2 Å². The number of hydrogen-bond donors (Lipinski definition) is 1. The Kier molecular flexibility index (Phi) is 6.06. The smallest absolute Gasteiger partial charge is 0.244 e. The Hall–Kier alpha value is -1.84. The second-order valence-corrected chi connectivity index (χ2v) is 4.66. The summed E-state index contributed by atoms with van der Waals surface area (Å²) in [5.41, 5.74) is 1.81. The zero-order valence-electron chi connectivity index (χ0n) is 11.9. The third kappa shape index (κ3) is 5.12. The van der Waals surface area contributed by atoms with Gasteiger partial charge in [-0.1, -0.05) is 31.5 Å². The molecule has 0 saturated carbocycles. The van der Waals surface area contributed by atoms with Crippen LogP contribution in [0.5, 0.6) is 0 Å². The van der Waals surface area contributed by atoms with Crippen LogP contribution in [0.25, 0.3) is 0 Å². The maximum atomic E-state index is 11.9. The Morgan fingerprint density at radius 3 is 2.53 bits per heavy atom. The fraction of sp³-hybridized carbons (Fsp3) is 0.467. The van der Waals surface area contributed by atoms with Gasteiger partial charge in [0.1, 0.15) is 0 Å². The van der Waals surface area contributed by atoms with Crippen LogP contribution in [0.15, 0.2) is 24.3 Å². The van der Waals surface area contributed by atoms with Crippen LogP contribution in [0.3, 0.4) is 0 Å². The number of aryl methyl sites for hydroxylation is 1. The van der Waals surface area contributed by atoms with Gasteiger partial charge in [-0.2, -0.15) is 0 Å². The second-order valence-electron chi connectivity index (χ2n) is 4.66. The Morgan fingerprint density at radius 2 is 1.95 bits per heavy atom. The molecule has 0 heterocycles. The predicted octanol–water partition coefficient (Wildman–Crippen LogP) is 2.58. The summed E-state index contributed by atoms with van der Waals surface area (Å²) in [6.07, 6.45) is 1.92. The molecule has 0 radical (unpaired) electrons. The summed E-state index contributed by atoms with van der Waals surface area (Å²) in [5, 5.41) is 2.84. The normalized spacial score (nSPS) is 10.1. The zero-order valence-corrected chi connectivity index (χ0v) is 11.9. The number of hydrogen-bond acceptors (Lipinski definition) is 2. The van der Waals surface area contributed by atoms with Crippen molar-refractivity contribution < 1.29 is 9.59 Å². The van der Waals surface area contributed by atoms with E-state index in [0.717, 1.165) is 24.1 Å². The molecule has 0 aliphatic heterocycles. The van der Waals surface area contributed by atoms with E-state index in [-0.39, 0.29) is 18.4 Å². The van der Waals surface area contributed by atoms with E-state index >= 15 is 0 Å². The lowest BCUT2D eigenvalue weighted by Crippen LogP contribution is -2.37. The standard InChI is InChI=1S/C15H22N2O2/c1-4-5-10-17(13(3)18)11-15(19)16-14-9-7-6-8-12(14)2/h6-9H,4-5,10-11H2,1-3H3,(H,16,19). The molecular weight excluding hydrogens is 240 g/mol. The molecular formula is C15H22N2O2. The predicted molar refractivity (Wildman–Crippen MR) is 77.0 cm³/mol. The van der Waals surface area contributed by atoms with Gasteiger partial charge in [-0.05, 0) is 25.0 Å². The average Bonchev–Trinajstić information content (AvgIpc) is 2.37. The number of para-hydroxylation sites is 1. The number of anilines is 1. The molecule has 1 aromatic carbocycles. The van der Waals surface area contributed by atoms with Crippen LogP contribution in [0, 0.1) is 6.92 Å². The van der Waals surface area contributed by atoms with Gasteiger partial charge in [-0.3, -0.25) is 9.59 Å². The van der Waals surface area contributed by atoms with Crippen LogP contribution >= 0.6 is 0 Å². The minimum Gasteiger partial charge on any atom is -0.334 e. The van der Waals surface area contributed by atoms with Gasteiger partial charge < -0.3 is 10.2 Å². The molecule has 0 spiro atoms. The molecule has 4 heteroatoms. The van der Waals surface area contributed by atoms with E-state index in [1.54, 1.807) is 4.90 Å². The van der Waals surface area contributed by atoms with E-state index in [1.807, 2.05) is 31.2 Å². The Balaban J connectivity index is 2.58. The molecule has 4 nitrogen and oxygen atoms in total. The fourth-order valence-corrected chi connectivity index (χ4v) is 1.77. The topological polar surface area (TPSA) is 49.4 Å². The highest BCUT2D eigenvalue weighted by Gasteiger charge is 2.13. The van der Waals surface area contributed by atoms with Gasteiger partial charge in [0.05, 0.1) is 6.54 Å². The highest BCUT2D eigenvalue weighted by molar-refractivity contribution is 5.94. The minimum absolute atomic E-state index is 0.0617. The maximum Gasteiger partial charge on any atom is 0.244 e. The third-order valence-corrected chi connectivity index (χ3v) is 2.98. The molecule has 0 bridgehead atoms. The van der Waals surface area contributed by atoms with Crippen molar-refractivity contribution in [2.45, 2.75) is 33.6 Å². The molecule has 0 atom stereocenters. The van der Waals surface area contributed by atoms with E-state index in [1.165, 1.54) is 6.92 Å². The van der Waals surface area contributed by atoms with Crippen molar-refractivity contribution in [2.75, 3.05) is 18.4 Å². The van der Waals surface area contributed by atoms with Crippen molar-refractivity contribution in [2.24, 2.45) is 0 Å². The number of carbonyl (C=O) groups excluding carboxylic acids is 2. The first kappa shape index (κ1) is 15.2. The van der Waals surface area contributed by atoms with Gasteiger partial charge >= 0.3 is 0 Å². The summed E-state index contributed by atoms with van der Waals surface area (Å²) < 4.78 is 0. The maximum absolute atomic E-state index is 11.9. The van der Waals surface area contributed by atoms with Crippen LogP contribution in [0.2, 0.25) is 0 Å². The molecule has 2 amide bonds. The SMILES string of the molecule is CCCCN(CC(=O)Nc1ccccc1C)C(C)=O. The number of carbonyl (C=O) groups is 2. The first-order chi connectivity index (χ1) is 9.04. The summed E-state index contributed by atoms with van der Waals surface area (Å²) in [6.45, 7) is 6.24. The lowest BCUT2D eigenvalue weighted by Gasteiger charge is -2.20. The van der Waals surface area contributed by atoms with Crippen molar-refractivity contribution in [3.05, 3.63) is 29.8 Å². The van der Waals surface area contributed by atoms with E-state index in [0.29, 0.717) is 6.54 Å². The highest BCUT2D eigenvalue weighted by Crippen LogP contribution is 2.13. The number of nitrogens with zero attached hydrogens (tertiary/aromatic N) is 1. The number of unbranched alkanes of at least 4 members (excludes halogenated alkanes) is 1. The lowest BCUT2D eigenvalue weighted by atomic mass is 10.2. The van der Waals surface area contributed by atoms with Crippen molar-refractivity contribution >= 4 is 17.5 Å². The minimum atomic E-state index is -0.152. The van der Waals surface area contributed by atoms with Gasteiger partial charge in [0.25, 0.3) is 0 Å². The first-order valence-electron chi connectivity index (χ1n) is 6.65. The fourth-order valence-electron chi connectivity index (χ4n) is 1.77. The molecule has 0 fully saturated rings. The third-order valence-electron chi connectivity index (χ3n) is 2.98. The van der Waals surface area contributed by atoms with Gasteiger partial charge in [-0.25, -0.2) is 0 Å². The van der Waals surface area contributed by atoms with Gasteiger partial charge in [-0.15, -0.1) is 0 Å². The van der Waals surface area contributed by atoms with Crippen molar-refractivity contribution in [1.29, 1.82) is 0 Å². The van der Waals surface area contributed by atoms with E-state index in [4.69, 9.17) is 0 Å². The lowest BCUT2D eigenvalue weighted by molar-refractivity contribution is -0.132. The summed E-state index contributed by atoms with van der Waals surface area (Å²) in [4.78, 5) is 25.0.